The van der Waals surface area contributed by atoms with E-state index in [1.54, 1.807) is 10.7 Å². The molecule has 0 atom stereocenters. The van der Waals surface area contributed by atoms with Crippen molar-refractivity contribution < 1.29 is 9.53 Å². The number of fused-ring (bicyclic) bond motifs is 3. The van der Waals surface area contributed by atoms with Crippen molar-refractivity contribution in [3.05, 3.63) is 42.5 Å². The summed E-state index contributed by atoms with van der Waals surface area (Å²) in [7, 11) is 1.37. The first kappa shape index (κ1) is 8.96. The predicted octanol–water partition coefficient (Wildman–Crippen LogP) is 1.37. The third-order valence-electron chi connectivity index (χ3n) is 2.59. The fourth-order valence-corrected chi connectivity index (χ4v) is 1.85. The highest BCUT2D eigenvalue weighted by Crippen LogP contribution is 2.18. The van der Waals surface area contributed by atoms with Crippen molar-refractivity contribution in [3.63, 3.8) is 0 Å². The Balaban J connectivity index is 2.45. The zero-order chi connectivity index (χ0) is 11.1. The first-order chi connectivity index (χ1) is 7.81. The van der Waals surface area contributed by atoms with Crippen molar-refractivity contribution in [3.8, 4) is 0 Å². The lowest BCUT2D eigenvalue weighted by Gasteiger charge is -2.00. The van der Waals surface area contributed by atoms with Crippen LogP contribution in [0.4, 0.5) is 0 Å². The van der Waals surface area contributed by atoms with Crippen molar-refractivity contribution >= 4 is 17.0 Å². The van der Waals surface area contributed by atoms with E-state index in [0.29, 0.717) is 5.56 Å². The molecule has 0 aliphatic heterocycles. The van der Waals surface area contributed by atoms with Gasteiger partial charge in [0.25, 0.3) is 0 Å². The van der Waals surface area contributed by atoms with Crippen LogP contribution in [0.3, 0.4) is 0 Å². The Morgan fingerprint density at radius 1 is 1.38 bits per heavy atom. The highest BCUT2D eigenvalue weighted by atomic mass is 16.5. The first-order valence-corrected chi connectivity index (χ1v) is 4.82. The van der Waals surface area contributed by atoms with E-state index in [0.717, 1.165) is 11.0 Å². The smallest absolute Gasteiger partial charge is 0.341 e. The lowest BCUT2D eigenvalue weighted by atomic mass is 10.2. The topological polar surface area (TPSA) is 48.0 Å². The van der Waals surface area contributed by atoms with Crippen LogP contribution in [-0.2, 0) is 4.74 Å². The van der Waals surface area contributed by atoms with Crippen LogP contribution in [-0.4, -0.2) is 27.1 Å². The second-order valence-corrected chi connectivity index (χ2v) is 3.44. The highest BCUT2D eigenvalue weighted by molar-refractivity contribution is 6.01. The predicted molar refractivity (Wildman–Crippen MR) is 57.5 cm³/mol. The van der Waals surface area contributed by atoms with Crippen LogP contribution in [0.25, 0.3) is 11.0 Å². The number of carbonyl (C=O) groups excluding carboxylic acids is 1. The Kier molecular flexibility index (Phi) is 1.73. The number of esters is 1. The number of methoxy groups -OCH3 is 1. The third-order valence-corrected chi connectivity index (χ3v) is 2.59. The summed E-state index contributed by atoms with van der Waals surface area (Å²) < 4.78 is 8.33. The van der Waals surface area contributed by atoms with Crippen LogP contribution in [0.2, 0.25) is 0 Å². The van der Waals surface area contributed by atoms with E-state index in [2.05, 4.69) is 5.10 Å². The number of rotatable bonds is 1. The van der Waals surface area contributed by atoms with Crippen LogP contribution >= 0.6 is 0 Å². The van der Waals surface area contributed by atoms with E-state index in [-0.39, 0.29) is 5.97 Å². The Morgan fingerprint density at radius 2 is 2.25 bits per heavy atom. The van der Waals surface area contributed by atoms with Crippen LogP contribution in [0.1, 0.15) is 10.4 Å². The lowest BCUT2D eigenvalue weighted by Crippen LogP contribution is -2.01. The summed E-state index contributed by atoms with van der Waals surface area (Å²) in [6.07, 6.45) is 7.13. The number of ether oxygens (including phenoxy) is 1. The maximum absolute atomic E-state index is 11.6. The zero-order valence-corrected chi connectivity index (χ0v) is 8.62. The number of hydrogen-bond donors (Lipinski definition) is 0. The Labute approximate surface area is 90.9 Å². The second-order valence-electron chi connectivity index (χ2n) is 3.44. The maximum atomic E-state index is 11.6. The minimum atomic E-state index is -0.371. The molecule has 0 aliphatic rings. The van der Waals surface area contributed by atoms with Crippen LogP contribution in [0, 0.1) is 0 Å². The molecule has 0 spiro atoms. The van der Waals surface area contributed by atoms with E-state index in [4.69, 9.17) is 4.74 Å². The van der Waals surface area contributed by atoms with E-state index in [1.807, 2.05) is 28.9 Å². The number of hydrogen-bond acceptors (Lipinski definition) is 3. The Bertz CT molecular complexity index is 681. The minimum Gasteiger partial charge on any atom is -0.465 e. The zero-order valence-electron chi connectivity index (χ0n) is 8.62. The average Bonchev–Trinajstić information content (AvgIpc) is 2.92. The summed E-state index contributed by atoms with van der Waals surface area (Å²) in [4.78, 5) is 11.6. The first-order valence-electron chi connectivity index (χ1n) is 4.82. The summed E-state index contributed by atoms with van der Waals surface area (Å²) in [6, 6.07) is 3.85. The molecule has 3 aromatic rings. The molecule has 0 bridgehead atoms. The fourth-order valence-electron chi connectivity index (χ4n) is 1.85. The van der Waals surface area contributed by atoms with Crippen molar-refractivity contribution in [2.75, 3.05) is 7.11 Å². The molecule has 3 aromatic heterocycles. The Hall–Kier alpha value is -2.30. The third kappa shape index (κ3) is 1.05. The molecule has 0 fully saturated rings. The molecule has 3 heterocycles. The summed E-state index contributed by atoms with van der Waals surface area (Å²) in [5.74, 6) is -0.371. The SMILES string of the molecule is COC(=O)c1cnn2ccn3cccc3c12. The van der Waals surface area contributed by atoms with Gasteiger partial charge in [-0.25, -0.2) is 9.31 Å². The molecular weight excluding hydrogens is 206 g/mol. The molecule has 0 N–H and O–H groups in total. The molecule has 0 saturated heterocycles. The van der Waals surface area contributed by atoms with Crippen LogP contribution in [0.5, 0.6) is 0 Å². The van der Waals surface area contributed by atoms with E-state index < -0.39 is 0 Å². The van der Waals surface area contributed by atoms with Crippen molar-refractivity contribution in [2.45, 2.75) is 0 Å². The van der Waals surface area contributed by atoms with Crippen LogP contribution < -0.4 is 0 Å². The minimum absolute atomic E-state index is 0.371. The van der Waals surface area contributed by atoms with Gasteiger partial charge in [0.1, 0.15) is 11.1 Å². The standard InChI is InChI=1S/C11H9N3O2/c1-16-11(15)8-7-12-14-6-5-13-4-2-3-9(13)10(8)14/h2-7H,1H3. The lowest BCUT2D eigenvalue weighted by molar-refractivity contribution is 0.0603. The van der Waals surface area contributed by atoms with Crippen molar-refractivity contribution in [2.24, 2.45) is 0 Å². The molecule has 0 radical (unpaired) electrons. The number of carbonyl (C=O) groups is 1. The molecule has 3 rings (SSSR count). The molecule has 0 aromatic carbocycles. The van der Waals surface area contributed by atoms with Gasteiger partial charge in [-0.1, -0.05) is 0 Å². The van der Waals surface area contributed by atoms with Crippen molar-refractivity contribution in [1.29, 1.82) is 0 Å². The molecular formula is C11H9N3O2. The van der Waals surface area contributed by atoms with E-state index >= 15 is 0 Å². The molecule has 0 saturated carbocycles. The van der Waals surface area contributed by atoms with Gasteiger partial charge >= 0.3 is 5.97 Å². The van der Waals surface area contributed by atoms with Gasteiger partial charge in [0.05, 0.1) is 18.8 Å². The normalized spacial score (nSPS) is 11.1. The van der Waals surface area contributed by atoms with Gasteiger partial charge < -0.3 is 9.14 Å². The molecule has 0 aliphatic carbocycles. The van der Waals surface area contributed by atoms with E-state index in [1.165, 1.54) is 13.3 Å². The fraction of sp³-hybridized carbons (Fsp3) is 0.0909. The monoisotopic (exact) mass is 215 g/mol. The van der Waals surface area contributed by atoms with Gasteiger partial charge in [-0.05, 0) is 12.1 Å². The molecule has 0 unspecified atom stereocenters. The summed E-state index contributed by atoms with van der Waals surface area (Å²) in [5.41, 5.74) is 2.17. The molecule has 16 heavy (non-hydrogen) atoms. The van der Waals surface area contributed by atoms with Gasteiger partial charge in [0.15, 0.2) is 0 Å². The van der Waals surface area contributed by atoms with Crippen LogP contribution in [0.15, 0.2) is 36.9 Å². The maximum Gasteiger partial charge on any atom is 0.341 e. The van der Waals surface area contributed by atoms with Crippen molar-refractivity contribution in [1.82, 2.24) is 14.0 Å². The van der Waals surface area contributed by atoms with Gasteiger partial charge in [-0.3, -0.25) is 0 Å². The number of aromatic nitrogens is 3. The molecule has 80 valence electrons. The largest absolute Gasteiger partial charge is 0.465 e. The summed E-state index contributed by atoms with van der Waals surface area (Å²) >= 11 is 0. The summed E-state index contributed by atoms with van der Waals surface area (Å²) in [5, 5.41) is 4.12. The van der Waals surface area contributed by atoms with E-state index in [9.17, 15) is 4.79 Å². The van der Waals surface area contributed by atoms with Gasteiger partial charge in [-0.2, -0.15) is 5.10 Å². The Morgan fingerprint density at radius 3 is 3.06 bits per heavy atom. The van der Waals surface area contributed by atoms with Gasteiger partial charge in [0.2, 0.25) is 0 Å². The quantitative estimate of drug-likeness (QED) is 0.576. The highest BCUT2D eigenvalue weighted by Gasteiger charge is 2.15. The number of nitrogens with zero attached hydrogens (tertiary/aromatic N) is 3. The molecule has 5 nitrogen and oxygen atoms in total. The van der Waals surface area contributed by atoms with Gasteiger partial charge in [-0.15, -0.1) is 0 Å². The van der Waals surface area contributed by atoms with Gasteiger partial charge in [0, 0.05) is 18.6 Å². The summed E-state index contributed by atoms with van der Waals surface area (Å²) in [6.45, 7) is 0. The second kappa shape index (κ2) is 3.10. The molecule has 5 heteroatoms. The average molecular weight is 215 g/mol. The molecule has 0 amide bonds.